The Balaban J connectivity index is 1.76. The molecule has 1 aliphatic heterocycles. The number of ether oxygens (including phenoxy) is 2. The van der Waals surface area contributed by atoms with Crippen LogP contribution < -0.4 is 20.1 Å². The van der Waals surface area contributed by atoms with Gasteiger partial charge in [-0.15, -0.1) is 0 Å². The van der Waals surface area contributed by atoms with Gasteiger partial charge in [0, 0.05) is 5.69 Å². The summed E-state index contributed by atoms with van der Waals surface area (Å²) in [6.07, 6.45) is 3.10. The molecule has 0 spiro atoms. The molecule has 0 bridgehead atoms. The van der Waals surface area contributed by atoms with E-state index in [0.717, 1.165) is 23.3 Å². The molecule has 3 rings (SSSR count). The summed E-state index contributed by atoms with van der Waals surface area (Å²) >= 11 is 3.49. The number of carbonyl (C=O) groups excluding carboxylic acids is 3. The van der Waals surface area contributed by atoms with Gasteiger partial charge >= 0.3 is 6.03 Å². The summed E-state index contributed by atoms with van der Waals surface area (Å²) in [5.74, 6) is 0.0103. The smallest absolute Gasteiger partial charge is 0.329 e. The van der Waals surface area contributed by atoms with Crippen LogP contribution in [0.1, 0.15) is 38.3 Å². The topological polar surface area (TPSA) is 97.0 Å². The van der Waals surface area contributed by atoms with Crippen molar-refractivity contribution in [2.24, 2.45) is 0 Å². The first-order valence-corrected chi connectivity index (χ1v) is 11.8. The average Bonchev–Trinajstić information content (AvgIpc) is 3.07. The van der Waals surface area contributed by atoms with Gasteiger partial charge in [-0.3, -0.25) is 9.59 Å². The van der Waals surface area contributed by atoms with Crippen LogP contribution in [0.3, 0.4) is 0 Å². The Morgan fingerprint density at radius 1 is 1.24 bits per heavy atom. The zero-order valence-corrected chi connectivity index (χ0v) is 21.2. The van der Waals surface area contributed by atoms with Gasteiger partial charge in [-0.1, -0.05) is 32.0 Å². The molecule has 8 nitrogen and oxygen atoms in total. The quantitative estimate of drug-likeness (QED) is 0.361. The fourth-order valence-corrected chi connectivity index (χ4v) is 3.94. The van der Waals surface area contributed by atoms with Crippen LogP contribution in [0.15, 0.2) is 46.6 Å². The Morgan fingerprint density at radius 3 is 2.65 bits per heavy atom. The Labute approximate surface area is 207 Å². The monoisotopic (exact) mass is 529 g/mol. The molecule has 1 aliphatic rings. The van der Waals surface area contributed by atoms with Crippen LogP contribution in [0.2, 0.25) is 0 Å². The molecule has 9 heteroatoms. The third kappa shape index (κ3) is 5.77. The lowest BCUT2D eigenvalue weighted by Crippen LogP contribution is -2.38. The molecule has 4 amide bonds. The van der Waals surface area contributed by atoms with Crippen LogP contribution in [0.5, 0.6) is 11.5 Å². The van der Waals surface area contributed by atoms with Crippen molar-refractivity contribution >= 4 is 45.5 Å². The highest BCUT2D eigenvalue weighted by molar-refractivity contribution is 9.10. The van der Waals surface area contributed by atoms with Gasteiger partial charge in [-0.2, -0.15) is 0 Å². The van der Waals surface area contributed by atoms with Gasteiger partial charge in [-0.25, -0.2) is 9.69 Å². The number of methoxy groups -OCH3 is 1. The molecule has 2 aromatic rings. The van der Waals surface area contributed by atoms with E-state index in [2.05, 4.69) is 26.6 Å². The van der Waals surface area contributed by atoms with Crippen molar-refractivity contribution in [1.29, 1.82) is 0 Å². The molecule has 0 radical (unpaired) electrons. The SMILES string of the molecule is CCc1ccccc1NC(=O)CN1C(=O)N/C(=C/c2cc(Br)c(O[C@@H](C)CC)c(OC)c2)C1=O. The van der Waals surface area contributed by atoms with Gasteiger partial charge in [0.1, 0.15) is 12.2 Å². The molecule has 0 unspecified atom stereocenters. The number of hydrogen-bond acceptors (Lipinski definition) is 5. The summed E-state index contributed by atoms with van der Waals surface area (Å²) in [5, 5.41) is 5.31. The number of anilines is 1. The lowest BCUT2D eigenvalue weighted by molar-refractivity contribution is -0.127. The Hall–Kier alpha value is -3.33. The zero-order valence-electron chi connectivity index (χ0n) is 19.6. The summed E-state index contributed by atoms with van der Waals surface area (Å²) in [6, 6.07) is 10.2. The van der Waals surface area contributed by atoms with Crippen molar-refractivity contribution in [1.82, 2.24) is 10.2 Å². The molecular weight excluding hydrogens is 502 g/mol. The minimum Gasteiger partial charge on any atom is -0.493 e. The first-order valence-electron chi connectivity index (χ1n) is 11.0. The lowest BCUT2D eigenvalue weighted by atomic mass is 10.1. The molecule has 1 heterocycles. The molecule has 0 saturated carbocycles. The average molecular weight is 530 g/mol. The molecular formula is C25H28BrN3O5. The van der Waals surface area contributed by atoms with Crippen LogP contribution in [0, 0.1) is 0 Å². The van der Waals surface area contributed by atoms with Crippen LogP contribution in [-0.4, -0.2) is 42.5 Å². The van der Waals surface area contributed by atoms with Crippen LogP contribution in [-0.2, 0) is 16.0 Å². The van der Waals surface area contributed by atoms with E-state index in [4.69, 9.17) is 9.47 Å². The molecule has 0 aromatic heterocycles. The van der Waals surface area contributed by atoms with Gasteiger partial charge in [0.15, 0.2) is 11.5 Å². The molecule has 2 aromatic carbocycles. The van der Waals surface area contributed by atoms with Crippen molar-refractivity contribution in [2.45, 2.75) is 39.7 Å². The highest BCUT2D eigenvalue weighted by atomic mass is 79.9. The van der Waals surface area contributed by atoms with Crippen molar-refractivity contribution in [2.75, 3.05) is 19.0 Å². The maximum absolute atomic E-state index is 12.8. The van der Waals surface area contributed by atoms with Crippen molar-refractivity contribution < 1.29 is 23.9 Å². The number of nitrogens with one attached hydrogen (secondary N) is 2. The second-order valence-corrected chi connectivity index (χ2v) is 8.66. The summed E-state index contributed by atoms with van der Waals surface area (Å²) in [7, 11) is 1.53. The molecule has 180 valence electrons. The number of para-hydroxylation sites is 1. The van der Waals surface area contributed by atoms with Gasteiger partial charge in [0.05, 0.1) is 17.7 Å². The number of carbonyl (C=O) groups is 3. The number of imide groups is 1. The first-order chi connectivity index (χ1) is 16.3. The highest BCUT2D eigenvalue weighted by Gasteiger charge is 2.35. The molecule has 0 aliphatic carbocycles. The van der Waals surface area contributed by atoms with Crippen LogP contribution >= 0.6 is 15.9 Å². The van der Waals surface area contributed by atoms with E-state index in [1.165, 1.54) is 13.2 Å². The molecule has 2 N–H and O–H groups in total. The number of rotatable bonds is 9. The first kappa shape index (κ1) is 25.3. The van der Waals surface area contributed by atoms with Crippen molar-refractivity contribution in [3.63, 3.8) is 0 Å². The molecule has 1 saturated heterocycles. The van der Waals surface area contributed by atoms with E-state index in [-0.39, 0.29) is 11.8 Å². The number of aryl methyl sites for hydroxylation is 1. The standard InChI is InChI=1S/C25H28BrN3O5/c1-5-15(3)34-23-18(26)11-16(13-21(23)33-4)12-20-24(31)29(25(32)28-20)14-22(30)27-19-10-8-7-9-17(19)6-2/h7-13,15H,5-6,14H2,1-4H3,(H,27,30)(H,28,32)/b20-12+/t15-/m0/s1. The third-order valence-corrected chi connectivity index (χ3v) is 5.98. The molecule has 1 fully saturated rings. The van der Waals surface area contributed by atoms with Crippen molar-refractivity contribution in [3.8, 4) is 11.5 Å². The number of benzene rings is 2. The van der Waals surface area contributed by atoms with E-state index < -0.39 is 24.4 Å². The van der Waals surface area contributed by atoms with E-state index in [9.17, 15) is 14.4 Å². The fourth-order valence-electron chi connectivity index (χ4n) is 3.39. The number of amides is 4. The number of hydrogen-bond donors (Lipinski definition) is 2. The lowest BCUT2D eigenvalue weighted by Gasteiger charge is -2.17. The Kier molecular flexibility index (Phi) is 8.33. The maximum atomic E-state index is 12.8. The maximum Gasteiger partial charge on any atom is 0.329 e. The largest absolute Gasteiger partial charge is 0.493 e. The van der Waals surface area contributed by atoms with Crippen LogP contribution in [0.25, 0.3) is 6.08 Å². The van der Waals surface area contributed by atoms with Gasteiger partial charge in [0.25, 0.3) is 5.91 Å². The number of urea groups is 1. The van der Waals surface area contributed by atoms with Gasteiger partial charge < -0.3 is 20.1 Å². The van der Waals surface area contributed by atoms with Gasteiger partial charge in [0.2, 0.25) is 5.91 Å². The normalized spacial score (nSPS) is 15.3. The predicted molar refractivity (Wildman–Crippen MR) is 134 cm³/mol. The van der Waals surface area contributed by atoms with Crippen molar-refractivity contribution in [3.05, 3.63) is 57.7 Å². The fraction of sp³-hybridized carbons (Fsp3) is 0.320. The minimum atomic E-state index is -0.655. The van der Waals surface area contributed by atoms with E-state index in [1.807, 2.05) is 39.0 Å². The Morgan fingerprint density at radius 2 is 1.97 bits per heavy atom. The third-order valence-electron chi connectivity index (χ3n) is 5.39. The highest BCUT2D eigenvalue weighted by Crippen LogP contribution is 2.38. The van der Waals surface area contributed by atoms with E-state index in [0.29, 0.717) is 27.2 Å². The summed E-state index contributed by atoms with van der Waals surface area (Å²) in [4.78, 5) is 38.7. The second-order valence-electron chi connectivity index (χ2n) is 7.81. The molecule has 1 atom stereocenters. The van der Waals surface area contributed by atoms with E-state index >= 15 is 0 Å². The minimum absolute atomic E-state index is 0.00546. The number of halogens is 1. The van der Waals surface area contributed by atoms with Gasteiger partial charge in [-0.05, 0) is 71.1 Å². The van der Waals surface area contributed by atoms with Crippen LogP contribution in [0.4, 0.5) is 10.5 Å². The second kappa shape index (κ2) is 11.2. The number of nitrogens with zero attached hydrogens (tertiary/aromatic N) is 1. The zero-order chi connectivity index (χ0) is 24.8. The van der Waals surface area contributed by atoms with E-state index in [1.54, 1.807) is 18.2 Å². The Bertz CT molecular complexity index is 1130. The predicted octanol–water partition coefficient (Wildman–Crippen LogP) is 4.73. The summed E-state index contributed by atoms with van der Waals surface area (Å²) < 4.78 is 12.0. The summed E-state index contributed by atoms with van der Waals surface area (Å²) in [6.45, 7) is 5.57. The summed E-state index contributed by atoms with van der Waals surface area (Å²) in [5.41, 5.74) is 2.31. The molecule has 34 heavy (non-hydrogen) atoms.